The van der Waals surface area contributed by atoms with Gasteiger partial charge >= 0.3 is 0 Å². The third-order valence-corrected chi connectivity index (χ3v) is 5.14. The molecule has 2 aromatic carbocycles. The topological polar surface area (TPSA) is 0 Å². The van der Waals surface area contributed by atoms with Gasteiger partial charge < -0.3 is 30.3 Å². The van der Waals surface area contributed by atoms with E-state index >= 15 is 0 Å². The molecule has 1 atom stereocenters. The van der Waals surface area contributed by atoms with Gasteiger partial charge in [-0.25, -0.2) is 12.1 Å². The van der Waals surface area contributed by atoms with Crippen LogP contribution in [0.4, 0.5) is 0 Å². The largest absolute Gasteiger partial charge is 0.748 e. The van der Waals surface area contributed by atoms with Crippen molar-refractivity contribution in [3.63, 3.8) is 0 Å². The molecule has 0 amide bonds. The summed E-state index contributed by atoms with van der Waals surface area (Å²) in [5, 5.41) is 0.462. The molecule has 0 saturated heterocycles. The Kier molecular flexibility index (Phi) is 7.45. The summed E-state index contributed by atoms with van der Waals surface area (Å²) in [6.45, 7) is 6.97. The summed E-state index contributed by atoms with van der Waals surface area (Å²) in [5.74, 6) is 0.761. The monoisotopic (exact) mass is 286 g/mol. The van der Waals surface area contributed by atoms with E-state index in [2.05, 4.69) is 45.0 Å². The van der Waals surface area contributed by atoms with Gasteiger partial charge in [-0.1, -0.05) is 31.7 Å². The Morgan fingerprint density at radius 2 is 1.35 bits per heavy atom. The molecule has 1 unspecified atom stereocenters. The zero-order valence-electron chi connectivity index (χ0n) is 11.1. The Bertz CT molecular complexity index is 340. The fourth-order valence-electron chi connectivity index (χ4n) is 1.46. The van der Waals surface area contributed by atoms with Gasteiger partial charge in [0.05, 0.1) is 0 Å². The van der Waals surface area contributed by atoms with Crippen molar-refractivity contribution in [3.05, 3.63) is 60.2 Å². The van der Waals surface area contributed by atoms with Crippen molar-refractivity contribution < 1.29 is 17.1 Å². The minimum atomic E-state index is 0. The van der Waals surface area contributed by atoms with Crippen LogP contribution in [0.3, 0.4) is 0 Å². The summed E-state index contributed by atoms with van der Waals surface area (Å²) in [6.07, 6.45) is 0. The van der Waals surface area contributed by atoms with E-state index < -0.39 is 0 Å². The minimum absolute atomic E-state index is 0. The maximum atomic E-state index is 2.36. The van der Waals surface area contributed by atoms with Crippen LogP contribution >= 0.6 is 0 Å². The average Bonchev–Trinajstić information content (AvgIpc) is 2.94. The van der Waals surface area contributed by atoms with Crippen molar-refractivity contribution in [3.8, 4) is 0 Å². The Labute approximate surface area is 119 Å². The van der Waals surface area contributed by atoms with Crippen molar-refractivity contribution in [2.24, 2.45) is 5.92 Å². The van der Waals surface area contributed by atoms with Crippen LogP contribution in [0.15, 0.2) is 54.6 Å². The van der Waals surface area contributed by atoms with Crippen LogP contribution in [-0.4, -0.2) is 10.2 Å². The van der Waals surface area contributed by atoms with Gasteiger partial charge in [-0.3, -0.25) is 0 Å². The predicted molar refractivity (Wildman–Crippen MR) is 76.2 cm³/mol. The molecular weight excluding hydrogens is 264 g/mol. The normalized spacial score (nSPS) is 13.4. The molecule has 0 saturated carbocycles. The van der Waals surface area contributed by atoms with E-state index in [0.717, 1.165) is 5.92 Å². The van der Waals surface area contributed by atoms with Crippen LogP contribution in [0.25, 0.3) is 0 Å². The summed E-state index contributed by atoms with van der Waals surface area (Å²) >= 11 is 0. The summed E-state index contributed by atoms with van der Waals surface area (Å²) in [4.78, 5) is 0. The molecule has 0 N–H and O–H groups in total. The van der Waals surface area contributed by atoms with Crippen molar-refractivity contribution in [1.82, 2.24) is 0 Å². The summed E-state index contributed by atoms with van der Waals surface area (Å²) in [7, 11) is 1.24. The summed E-state index contributed by atoms with van der Waals surface area (Å²) in [5.41, 5.74) is 1.51. The van der Waals surface area contributed by atoms with Gasteiger partial charge in [-0.05, 0) is 0 Å². The third kappa shape index (κ3) is 5.07. The van der Waals surface area contributed by atoms with Gasteiger partial charge in [0.25, 0.3) is 0 Å². The van der Waals surface area contributed by atoms with Gasteiger partial charge in [-0.2, -0.15) is 17.7 Å². The molecule has 0 spiro atoms. The zero-order valence-corrected chi connectivity index (χ0v) is 14.2. The molecule has 0 fully saturated rings. The molecule has 17 heavy (non-hydrogen) atoms. The first kappa shape index (κ1) is 16.4. The predicted octanol–water partition coefficient (Wildman–Crippen LogP) is 3.05. The van der Waals surface area contributed by atoms with E-state index in [1.165, 1.54) is 15.8 Å². The quantitative estimate of drug-likeness (QED) is 0.588. The smallest absolute Gasteiger partial charge is 0.00189 e. The first-order valence-electron chi connectivity index (χ1n) is 5.94. The van der Waals surface area contributed by atoms with Gasteiger partial charge in [0.2, 0.25) is 0 Å². The molecule has 0 nitrogen and oxygen atoms in total. The van der Waals surface area contributed by atoms with E-state index in [4.69, 9.17) is 0 Å². The van der Waals surface area contributed by atoms with E-state index in [1.54, 1.807) is 0 Å². The molecule has 0 aliphatic rings. The SMILES string of the molecule is CC(C)C(C)([SiH3])[c-]1cccc1.[Fe].[cH-]1[cH-][cH-][cH-][cH-]1. The summed E-state index contributed by atoms with van der Waals surface area (Å²) in [6, 6.07) is 18.8. The van der Waals surface area contributed by atoms with E-state index in [-0.39, 0.29) is 17.1 Å². The molecule has 0 radical (unpaired) electrons. The number of rotatable bonds is 2. The minimum Gasteiger partial charge on any atom is -0.748 e. The van der Waals surface area contributed by atoms with Gasteiger partial charge in [-0.15, -0.1) is 0 Å². The Balaban J connectivity index is 0.000000360. The van der Waals surface area contributed by atoms with Gasteiger partial charge in [0, 0.05) is 27.3 Å². The first-order chi connectivity index (χ1) is 7.55. The maximum absolute atomic E-state index is 2.36. The van der Waals surface area contributed by atoms with Crippen LogP contribution in [0.5, 0.6) is 0 Å². The maximum Gasteiger partial charge on any atom is 0.00189 e. The van der Waals surface area contributed by atoms with Gasteiger partial charge in [0.15, 0.2) is 0 Å². The van der Waals surface area contributed by atoms with Gasteiger partial charge in [0.1, 0.15) is 0 Å². The van der Waals surface area contributed by atoms with Crippen LogP contribution in [0.2, 0.25) is 0 Å². The van der Waals surface area contributed by atoms with E-state index in [0.29, 0.717) is 5.04 Å². The van der Waals surface area contributed by atoms with Crippen molar-refractivity contribution in [2.45, 2.75) is 25.8 Å². The Morgan fingerprint density at radius 3 is 1.65 bits per heavy atom. The second-order valence-corrected chi connectivity index (χ2v) is 7.09. The first-order valence-corrected chi connectivity index (χ1v) is 6.94. The van der Waals surface area contributed by atoms with E-state index in [1.807, 2.05) is 30.3 Å². The van der Waals surface area contributed by atoms with Crippen molar-refractivity contribution in [1.29, 1.82) is 0 Å². The van der Waals surface area contributed by atoms with Crippen LogP contribution < -0.4 is 0 Å². The molecule has 2 heteroatoms. The molecule has 100 valence electrons. The number of hydrogen-bond acceptors (Lipinski definition) is 0. The standard InChI is InChI=1S/C10H17Si.C5H5.Fe/c1-8(2)10(3,11)9-6-4-5-7-9;1-2-4-5-3-1;/h4-8H,1-3,11H3;1-5H;/q-1;-5;. The summed E-state index contributed by atoms with van der Waals surface area (Å²) < 4.78 is 0. The molecule has 0 aliphatic carbocycles. The second-order valence-electron chi connectivity index (χ2n) is 5.01. The Morgan fingerprint density at radius 1 is 1.00 bits per heavy atom. The molecule has 0 aromatic heterocycles. The number of hydrogen-bond donors (Lipinski definition) is 0. The van der Waals surface area contributed by atoms with Crippen molar-refractivity contribution in [2.75, 3.05) is 0 Å². The fourth-order valence-corrected chi connectivity index (χ4v) is 1.79. The second kappa shape index (κ2) is 7.70. The fraction of sp³-hybridized carbons (Fsp3) is 0.333. The molecular formula is C15H22FeSi-6. The van der Waals surface area contributed by atoms with Crippen molar-refractivity contribution >= 4 is 10.2 Å². The Hall–Kier alpha value is -0.564. The molecule has 0 bridgehead atoms. The molecule has 2 aromatic rings. The average molecular weight is 286 g/mol. The molecule has 2 rings (SSSR count). The van der Waals surface area contributed by atoms with Crippen LogP contribution in [0, 0.1) is 5.92 Å². The zero-order chi connectivity index (χ0) is 12.0. The molecule has 0 aliphatic heterocycles. The third-order valence-electron chi connectivity index (χ3n) is 3.41. The van der Waals surface area contributed by atoms with Crippen LogP contribution in [0.1, 0.15) is 26.3 Å². The molecule has 0 heterocycles. The van der Waals surface area contributed by atoms with Crippen LogP contribution in [-0.2, 0) is 22.1 Å². The van der Waals surface area contributed by atoms with E-state index in [9.17, 15) is 0 Å².